The summed E-state index contributed by atoms with van der Waals surface area (Å²) in [5, 5.41) is 10.8. The van der Waals surface area contributed by atoms with Gasteiger partial charge in [-0.05, 0) is 61.3 Å². The fourth-order valence-corrected chi connectivity index (χ4v) is 6.12. The number of alkyl halides is 1. The highest BCUT2D eigenvalue weighted by Gasteiger charge is 2.57. The summed E-state index contributed by atoms with van der Waals surface area (Å²) in [6.07, 6.45) is 7.15. The SMILES string of the molecule is O=[N+]([O-])c1ccc(C23CC4CC(CC(Cl)(C4)C2)C3)cc1. The molecule has 0 aromatic heterocycles. The molecule has 4 bridgehead atoms. The summed E-state index contributed by atoms with van der Waals surface area (Å²) in [4.78, 5) is 10.5. The van der Waals surface area contributed by atoms with Crippen LogP contribution in [0.25, 0.3) is 0 Å². The van der Waals surface area contributed by atoms with Gasteiger partial charge < -0.3 is 0 Å². The fraction of sp³-hybridized carbons (Fsp3) is 0.625. The zero-order valence-electron chi connectivity index (χ0n) is 11.3. The van der Waals surface area contributed by atoms with E-state index in [-0.39, 0.29) is 20.9 Å². The predicted octanol–water partition coefficient (Wildman–Crippen LogP) is 4.42. The average molecular weight is 292 g/mol. The summed E-state index contributed by atoms with van der Waals surface area (Å²) in [5.74, 6) is 1.51. The molecule has 1 aromatic rings. The van der Waals surface area contributed by atoms with Crippen LogP contribution in [0.2, 0.25) is 0 Å². The number of nitro groups is 1. The number of hydrogen-bond acceptors (Lipinski definition) is 2. The van der Waals surface area contributed by atoms with Gasteiger partial charge in [-0.25, -0.2) is 0 Å². The van der Waals surface area contributed by atoms with Crippen LogP contribution in [0.15, 0.2) is 24.3 Å². The number of hydrogen-bond donors (Lipinski definition) is 0. The van der Waals surface area contributed by atoms with Gasteiger partial charge in [0.15, 0.2) is 0 Å². The Morgan fingerprint density at radius 2 is 1.70 bits per heavy atom. The topological polar surface area (TPSA) is 43.1 Å². The Balaban J connectivity index is 1.72. The van der Waals surface area contributed by atoms with E-state index in [9.17, 15) is 10.1 Å². The molecule has 0 aliphatic heterocycles. The predicted molar refractivity (Wildman–Crippen MR) is 78.0 cm³/mol. The lowest BCUT2D eigenvalue weighted by molar-refractivity contribution is -0.384. The van der Waals surface area contributed by atoms with Gasteiger partial charge in [0, 0.05) is 17.0 Å². The average Bonchev–Trinajstić information content (AvgIpc) is 2.36. The van der Waals surface area contributed by atoms with Crippen LogP contribution in [0.4, 0.5) is 5.69 Å². The maximum Gasteiger partial charge on any atom is 0.269 e. The van der Waals surface area contributed by atoms with E-state index in [1.54, 1.807) is 12.1 Å². The second-order valence-corrected chi connectivity index (χ2v) is 8.00. The summed E-state index contributed by atoms with van der Waals surface area (Å²) in [5.41, 5.74) is 1.63. The van der Waals surface area contributed by atoms with E-state index >= 15 is 0 Å². The van der Waals surface area contributed by atoms with Crippen molar-refractivity contribution >= 4 is 17.3 Å². The highest BCUT2D eigenvalue weighted by molar-refractivity contribution is 6.24. The minimum atomic E-state index is -0.327. The van der Waals surface area contributed by atoms with E-state index in [2.05, 4.69) is 0 Å². The Bertz CT molecular complexity index is 554. The first-order valence-corrected chi connectivity index (χ1v) is 7.80. The van der Waals surface area contributed by atoms with Crippen LogP contribution >= 0.6 is 11.6 Å². The molecule has 0 spiro atoms. The lowest BCUT2D eigenvalue weighted by atomic mass is 9.47. The van der Waals surface area contributed by atoms with Crippen LogP contribution in [0, 0.1) is 22.0 Å². The summed E-state index contributed by atoms with van der Waals surface area (Å²) in [6, 6.07) is 7.22. The van der Waals surface area contributed by atoms with E-state index < -0.39 is 0 Å². The maximum atomic E-state index is 10.8. The van der Waals surface area contributed by atoms with Crippen molar-refractivity contribution in [3.63, 3.8) is 0 Å². The van der Waals surface area contributed by atoms with Crippen LogP contribution in [-0.4, -0.2) is 9.80 Å². The number of benzene rings is 1. The number of non-ortho nitro benzene ring substituents is 1. The molecule has 106 valence electrons. The summed E-state index contributed by atoms with van der Waals surface area (Å²) < 4.78 is 0. The normalized spacial score (nSPS) is 41.9. The highest BCUT2D eigenvalue weighted by atomic mass is 35.5. The van der Waals surface area contributed by atoms with Crippen molar-refractivity contribution in [3.05, 3.63) is 39.9 Å². The molecule has 20 heavy (non-hydrogen) atoms. The van der Waals surface area contributed by atoms with Crippen LogP contribution in [0.5, 0.6) is 0 Å². The molecule has 5 rings (SSSR count). The van der Waals surface area contributed by atoms with Crippen LogP contribution < -0.4 is 0 Å². The van der Waals surface area contributed by atoms with E-state index in [0.717, 1.165) is 18.3 Å². The Labute approximate surface area is 123 Å². The Morgan fingerprint density at radius 3 is 2.20 bits per heavy atom. The lowest BCUT2D eigenvalue weighted by Crippen LogP contribution is -2.55. The van der Waals surface area contributed by atoms with E-state index in [1.807, 2.05) is 12.1 Å². The molecule has 2 atom stereocenters. The van der Waals surface area contributed by atoms with Crippen LogP contribution in [-0.2, 0) is 5.41 Å². The van der Waals surface area contributed by atoms with Crippen molar-refractivity contribution in [1.82, 2.24) is 0 Å². The number of halogens is 1. The Hall–Kier alpha value is -1.09. The molecule has 4 aliphatic carbocycles. The minimum Gasteiger partial charge on any atom is -0.258 e. The Morgan fingerprint density at radius 1 is 1.10 bits per heavy atom. The highest BCUT2D eigenvalue weighted by Crippen LogP contribution is 2.64. The van der Waals surface area contributed by atoms with Gasteiger partial charge in [-0.2, -0.15) is 0 Å². The summed E-state index contributed by atoms with van der Waals surface area (Å²) in [6.45, 7) is 0. The van der Waals surface area contributed by atoms with Crippen molar-refractivity contribution < 1.29 is 4.92 Å². The molecule has 4 aliphatic rings. The van der Waals surface area contributed by atoms with Gasteiger partial charge in [0.05, 0.1) is 4.92 Å². The molecular weight excluding hydrogens is 274 g/mol. The molecule has 0 heterocycles. The molecule has 4 fully saturated rings. The van der Waals surface area contributed by atoms with Gasteiger partial charge in [0.1, 0.15) is 0 Å². The minimum absolute atomic E-state index is 0.00808. The Kier molecular flexibility index (Phi) is 2.51. The van der Waals surface area contributed by atoms with Crippen LogP contribution in [0.3, 0.4) is 0 Å². The zero-order valence-corrected chi connectivity index (χ0v) is 12.1. The summed E-state index contributed by atoms with van der Waals surface area (Å²) in [7, 11) is 0. The monoisotopic (exact) mass is 291 g/mol. The largest absolute Gasteiger partial charge is 0.269 e. The molecule has 0 amide bonds. The van der Waals surface area contributed by atoms with Gasteiger partial charge in [-0.1, -0.05) is 12.1 Å². The van der Waals surface area contributed by atoms with E-state index in [1.165, 1.54) is 37.7 Å². The van der Waals surface area contributed by atoms with Gasteiger partial charge in [-0.15, -0.1) is 11.6 Å². The second kappa shape index (κ2) is 3.97. The van der Waals surface area contributed by atoms with Crippen molar-refractivity contribution in [2.45, 2.75) is 48.8 Å². The molecule has 3 nitrogen and oxygen atoms in total. The third kappa shape index (κ3) is 1.79. The first-order chi connectivity index (χ1) is 9.48. The standard InChI is InChI=1S/C16H18ClNO2/c17-16-8-11-5-12(9-16)7-15(6-11,10-16)13-1-3-14(4-2-13)18(19)20/h1-4,11-12H,5-10H2. The van der Waals surface area contributed by atoms with Gasteiger partial charge >= 0.3 is 0 Å². The molecule has 0 radical (unpaired) electrons. The quantitative estimate of drug-likeness (QED) is 0.460. The first-order valence-electron chi connectivity index (χ1n) is 7.42. The molecule has 4 saturated carbocycles. The number of nitrogens with zero attached hydrogens (tertiary/aromatic N) is 1. The van der Waals surface area contributed by atoms with Gasteiger partial charge in [-0.3, -0.25) is 10.1 Å². The number of nitro benzene ring substituents is 1. The zero-order chi connectivity index (χ0) is 14.0. The lowest BCUT2D eigenvalue weighted by Gasteiger charge is -2.60. The third-order valence-electron chi connectivity index (χ3n) is 5.68. The molecule has 0 N–H and O–H groups in total. The third-order valence-corrected chi connectivity index (χ3v) is 6.12. The number of rotatable bonds is 2. The summed E-state index contributed by atoms with van der Waals surface area (Å²) >= 11 is 6.84. The van der Waals surface area contributed by atoms with Crippen LogP contribution in [0.1, 0.15) is 44.1 Å². The van der Waals surface area contributed by atoms with Crippen molar-refractivity contribution in [3.8, 4) is 0 Å². The van der Waals surface area contributed by atoms with Gasteiger partial charge in [0.25, 0.3) is 5.69 Å². The fourth-order valence-electron chi connectivity index (χ4n) is 5.43. The second-order valence-electron chi connectivity index (χ2n) is 7.20. The first kappa shape index (κ1) is 12.6. The van der Waals surface area contributed by atoms with Crippen molar-refractivity contribution in [2.75, 3.05) is 0 Å². The maximum absolute atomic E-state index is 10.8. The van der Waals surface area contributed by atoms with E-state index in [4.69, 9.17) is 11.6 Å². The van der Waals surface area contributed by atoms with Crippen molar-refractivity contribution in [2.24, 2.45) is 11.8 Å². The molecule has 1 aromatic carbocycles. The smallest absolute Gasteiger partial charge is 0.258 e. The van der Waals surface area contributed by atoms with Crippen molar-refractivity contribution in [1.29, 1.82) is 0 Å². The van der Waals surface area contributed by atoms with Gasteiger partial charge in [0.2, 0.25) is 0 Å². The molecule has 4 heteroatoms. The molecular formula is C16H18ClNO2. The van der Waals surface area contributed by atoms with E-state index in [0.29, 0.717) is 0 Å². The molecule has 2 unspecified atom stereocenters. The molecule has 0 saturated heterocycles.